The normalized spacial score (nSPS) is 14.8. The van der Waals surface area contributed by atoms with Crippen molar-refractivity contribution in [1.29, 1.82) is 0 Å². The number of benzene rings is 2. The first-order chi connectivity index (χ1) is 17.7. The number of nitrogens with zero attached hydrogens (tertiary/aromatic N) is 4. The predicted molar refractivity (Wildman–Crippen MR) is 131 cm³/mol. The van der Waals surface area contributed by atoms with Crippen LogP contribution in [0.1, 0.15) is 21.6 Å². The molecular weight excluding hydrogens is 487 g/mol. The first-order valence-corrected chi connectivity index (χ1v) is 11.7. The number of ether oxygens (including phenoxy) is 1. The third-order valence-corrected chi connectivity index (χ3v) is 6.46. The Hall–Kier alpha value is -4.12. The lowest BCUT2D eigenvalue weighted by Crippen LogP contribution is -2.47. The number of likely N-dealkylation sites (N-methyl/N-ethyl adjacent to an activating group) is 1. The van der Waals surface area contributed by atoms with Crippen LogP contribution in [-0.4, -0.2) is 63.7 Å². The highest BCUT2D eigenvalue weighted by atomic mass is 19.4. The van der Waals surface area contributed by atoms with Crippen LogP contribution in [0.3, 0.4) is 0 Å². The maximum Gasteiger partial charge on any atom is 0.423 e. The van der Waals surface area contributed by atoms with Crippen molar-refractivity contribution < 1.29 is 22.7 Å². The number of aromatic amines is 1. The number of fused-ring (bicyclic) bond motifs is 1. The second-order valence-electron chi connectivity index (χ2n) is 8.90. The fraction of sp³-hybridized carbons (Fsp3) is 0.269. The average Bonchev–Trinajstić information content (AvgIpc) is 3.25. The Morgan fingerprint density at radius 2 is 1.84 bits per heavy atom. The van der Waals surface area contributed by atoms with Crippen molar-refractivity contribution >= 4 is 16.7 Å². The zero-order valence-corrected chi connectivity index (χ0v) is 20.0. The van der Waals surface area contributed by atoms with Crippen molar-refractivity contribution in [2.24, 2.45) is 0 Å². The minimum absolute atomic E-state index is 0.100. The van der Waals surface area contributed by atoms with Crippen LogP contribution in [0, 0.1) is 0 Å². The van der Waals surface area contributed by atoms with Crippen LogP contribution in [0.2, 0.25) is 0 Å². The van der Waals surface area contributed by atoms with E-state index in [1.807, 2.05) is 12.1 Å². The number of hydrogen-bond acceptors (Lipinski definition) is 5. The van der Waals surface area contributed by atoms with E-state index in [4.69, 9.17) is 4.74 Å². The van der Waals surface area contributed by atoms with Gasteiger partial charge in [0.1, 0.15) is 17.9 Å². The summed E-state index contributed by atoms with van der Waals surface area (Å²) in [5, 5.41) is 6.81. The number of carbonyl (C=O) groups is 1. The molecule has 0 radical (unpaired) electrons. The van der Waals surface area contributed by atoms with Gasteiger partial charge in [0.05, 0.1) is 17.6 Å². The number of rotatable bonds is 5. The molecule has 1 N–H and O–H groups in total. The van der Waals surface area contributed by atoms with Crippen LogP contribution in [0.4, 0.5) is 13.2 Å². The topological polar surface area (TPSA) is 83.5 Å². The molecule has 192 valence electrons. The molecule has 2 aromatic carbocycles. The maximum absolute atomic E-state index is 13.8. The van der Waals surface area contributed by atoms with E-state index in [0.717, 1.165) is 19.3 Å². The molecule has 1 fully saturated rings. The fourth-order valence-corrected chi connectivity index (χ4v) is 4.49. The molecule has 1 aliphatic heterocycles. The molecule has 1 amide bonds. The quantitative estimate of drug-likeness (QED) is 0.442. The summed E-state index contributed by atoms with van der Waals surface area (Å²) in [7, 11) is 2.01. The summed E-state index contributed by atoms with van der Waals surface area (Å²) in [5.41, 5.74) is -2.19. The van der Waals surface area contributed by atoms with Crippen molar-refractivity contribution in [2.45, 2.75) is 12.8 Å². The highest BCUT2D eigenvalue weighted by Crippen LogP contribution is 2.33. The van der Waals surface area contributed by atoms with Crippen LogP contribution < -0.4 is 10.3 Å². The first-order valence-electron chi connectivity index (χ1n) is 11.7. The lowest BCUT2D eigenvalue weighted by molar-refractivity contribution is -0.138. The third-order valence-electron chi connectivity index (χ3n) is 6.46. The minimum Gasteiger partial charge on any atom is -0.487 e. The van der Waals surface area contributed by atoms with Crippen LogP contribution in [0.25, 0.3) is 16.5 Å². The van der Waals surface area contributed by atoms with Gasteiger partial charge in [0, 0.05) is 48.7 Å². The van der Waals surface area contributed by atoms with E-state index in [9.17, 15) is 22.8 Å². The Morgan fingerprint density at radius 3 is 2.59 bits per heavy atom. The van der Waals surface area contributed by atoms with E-state index >= 15 is 0 Å². The largest absolute Gasteiger partial charge is 0.487 e. The van der Waals surface area contributed by atoms with Gasteiger partial charge in [0.2, 0.25) is 0 Å². The Bertz CT molecular complexity index is 1500. The molecule has 0 saturated carbocycles. The van der Waals surface area contributed by atoms with E-state index < -0.39 is 23.0 Å². The molecule has 37 heavy (non-hydrogen) atoms. The molecule has 0 unspecified atom stereocenters. The Kier molecular flexibility index (Phi) is 6.46. The lowest BCUT2D eigenvalue weighted by atomic mass is 10.1. The van der Waals surface area contributed by atoms with Crippen molar-refractivity contribution in [1.82, 2.24) is 24.6 Å². The summed E-state index contributed by atoms with van der Waals surface area (Å²) in [6.07, 6.45) is -2.40. The van der Waals surface area contributed by atoms with E-state index in [0.29, 0.717) is 40.9 Å². The van der Waals surface area contributed by atoms with Crippen molar-refractivity contribution in [3.8, 4) is 11.4 Å². The summed E-state index contributed by atoms with van der Waals surface area (Å²) in [6.45, 7) is 2.74. The summed E-state index contributed by atoms with van der Waals surface area (Å²) < 4.78 is 48.7. The van der Waals surface area contributed by atoms with Gasteiger partial charge < -0.3 is 19.1 Å². The van der Waals surface area contributed by atoms with Gasteiger partial charge in [-0.1, -0.05) is 30.3 Å². The molecule has 0 spiro atoms. The molecule has 2 aromatic heterocycles. The number of carbonyl (C=O) groups excluding carboxylic acids is 1. The Morgan fingerprint density at radius 1 is 1.08 bits per heavy atom. The van der Waals surface area contributed by atoms with Gasteiger partial charge in [0.25, 0.3) is 11.5 Å². The number of piperazine rings is 1. The maximum atomic E-state index is 13.8. The standard InChI is InChI=1S/C26H24F3N5O3/c1-32-9-11-33(12-10-32)25(36)17-6-4-7-19(13-17)37-16-22-20-8-3-2-5-18(20)15-34(22)21-14-30-31-24(35)23(21)26(27,28)29/h2-8,13-15H,9-12,16H2,1H3,(H,31,35). The molecule has 0 atom stereocenters. The predicted octanol–water partition coefficient (Wildman–Crippen LogP) is 3.70. The summed E-state index contributed by atoms with van der Waals surface area (Å²) in [6, 6.07) is 13.8. The van der Waals surface area contributed by atoms with Crippen molar-refractivity contribution in [2.75, 3.05) is 33.2 Å². The molecule has 11 heteroatoms. The van der Waals surface area contributed by atoms with Gasteiger partial charge in [-0.15, -0.1) is 0 Å². The molecule has 4 aromatic rings. The smallest absolute Gasteiger partial charge is 0.423 e. The lowest BCUT2D eigenvalue weighted by Gasteiger charge is -2.32. The van der Waals surface area contributed by atoms with Gasteiger partial charge in [-0.2, -0.15) is 18.3 Å². The Balaban J connectivity index is 1.47. The SMILES string of the molecule is CN1CCN(C(=O)c2cccc(OCc3c4ccccc4cn3-c3cn[nH]c(=O)c3C(F)(F)F)c2)CC1. The first kappa shape index (κ1) is 24.6. The van der Waals surface area contributed by atoms with E-state index in [1.54, 1.807) is 53.4 Å². The molecule has 3 heterocycles. The summed E-state index contributed by atoms with van der Waals surface area (Å²) >= 11 is 0. The monoisotopic (exact) mass is 511 g/mol. The van der Waals surface area contributed by atoms with Gasteiger partial charge in [0.15, 0.2) is 0 Å². The summed E-state index contributed by atoms with van der Waals surface area (Å²) in [5.74, 6) is 0.300. The van der Waals surface area contributed by atoms with Gasteiger partial charge in [-0.25, -0.2) is 5.10 Å². The van der Waals surface area contributed by atoms with Crippen LogP contribution in [0.5, 0.6) is 5.75 Å². The fourth-order valence-electron chi connectivity index (χ4n) is 4.49. The number of nitrogens with one attached hydrogen (secondary N) is 1. The number of alkyl halides is 3. The molecule has 5 rings (SSSR count). The summed E-state index contributed by atoms with van der Waals surface area (Å²) in [4.78, 5) is 29.0. The van der Waals surface area contributed by atoms with Crippen molar-refractivity contribution in [3.63, 3.8) is 0 Å². The molecule has 1 aliphatic rings. The zero-order chi connectivity index (χ0) is 26.2. The van der Waals surface area contributed by atoms with E-state index in [-0.39, 0.29) is 12.5 Å². The average molecular weight is 512 g/mol. The molecule has 0 aliphatic carbocycles. The number of amides is 1. The highest BCUT2D eigenvalue weighted by molar-refractivity contribution is 5.94. The number of H-pyrrole nitrogens is 1. The van der Waals surface area contributed by atoms with Crippen LogP contribution in [0.15, 0.2) is 65.7 Å². The molecule has 8 nitrogen and oxygen atoms in total. The third kappa shape index (κ3) is 4.94. The van der Waals surface area contributed by atoms with Gasteiger partial charge >= 0.3 is 6.18 Å². The number of aromatic nitrogens is 3. The highest BCUT2D eigenvalue weighted by Gasteiger charge is 2.38. The minimum atomic E-state index is -4.89. The number of halogens is 3. The van der Waals surface area contributed by atoms with Crippen LogP contribution in [-0.2, 0) is 12.8 Å². The zero-order valence-electron chi connectivity index (χ0n) is 20.0. The van der Waals surface area contributed by atoms with Crippen molar-refractivity contribution in [3.05, 3.63) is 88.1 Å². The number of hydrogen-bond donors (Lipinski definition) is 1. The molecule has 0 bridgehead atoms. The van der Waals surface area contributed by atoms with E-state index in [2.05, 4.69) is 10.00 Å². The molecule has 1 saturated heterocycles. The van der Waals surface area contributed by atoms with Gasteiger partial charge in [-0.05, 0) is 25.2 Å². The van der Waals surface area contributed by atoms with E-state index in [1.165, 1.54) is 10.8 Å². The van der Waals surface area contributed by atoms with Crippen LogP contribution >= 0.6 is 0 Å². The second kappa shape index (κ2) is 9.74. The van der Waals surface area contributed by atoms with Gasteiger partial charge in [-0.3, -0.25) is 9.59 Å². The second-order valence-corrected chi connectivity index (χ2v) is 8.90. The Labute approximate surface area is 209 Å². The molecular formula is C26H24F3N5O3.